The Hall–Kier alpha value is -1.43. The molecule has 4 heteroatoms. The molecule has 0 saturated heterocycles. The molecule has 3 aromatic carbocycles. The Balaban J connectivity index is 0.000000626. The predicted molar refractivity (Wildman–Crippen MR) is 134 cm³/mol. The second-order valence-corrected chi connectivity index (χ2v) is 12.0. The molecular weight excluding hydrogens is 455 g/mol. The minimum absolute atomic E-state index is 0. The molecule has 3 aromatic rings. The van der Waals surface area contributed by atoms with Crippen LogP contribution in [-0.2, 0) is 21.7 Å². The minimum Gasteiger partial charge on any atom is -0.0622 e. The fraction of sp³-hybridized carbons (Fsp3) is 0.111. The van der Waals surface area contributed by atoms with E-state index in [1.807, 2.05) is 32.1 Å². The number of rotatable bonds is 3. The van der Waals surface area contributed by atoms with Gasteiger partial charge in [0.15, 0.2) is 0 Å². The van der Waals surface area contributed by atoms with Gasteiger partial charge in [-0.15, -0.1) is 0 Å². The molecular formula is C27H29FeOPSi. The van der Waals surface area contributed by atoms with Crippen LogP contribution in [0.5, 0.6) is 0 Å². The zero-order valence-electron chi connectivity index (χ0n) is 18.3. The Morgan fingerprint density at radius 2 is 0.710 bits per heavy atom. The van der Waals surface area contributed by atoms with Crippen LogP contribution in [0.1, 0.15) is 0 Å². The molecule has 1 fully saturated rings. The summed E-state index contributed by atoms with van der Waals surface area (Å²) >= 11 is 0. The fourth-order valence-electron chi connectivity index (χ4n) is 2.50. The third-order valence-electron chi connectivity index (χ3n) is 3.60. The summed E-state index contributed by atoms with van der Waals surface area (Å²) in [5.41, 5.74) is 0. The van der Waals surface area contributed by atoms with Gasteiger partial charge in [-0.05, 0) is 55.9 Å². The van der Waals surface area contributed by atoms with Crippen molar-refractivity contribution < 1.29 is 21.7 Å². The second-order valence-electron chi connectivity index (χ2n) is 6.80. The van der Waals surface area contributed by atoms with Crippen molar-refractivity contribution in [1.82, 2.24) is 0 Å². The van der Waals surface area contributed by atoms with Crippen molar-refractivity contribution in [3.05, 3.63) is 130 Å². The van der Waals surface area contributed by atoms with E-state index >= 15 is 0 Å². The van der Waals surface area contributed by atoms with E-state index in [4.69, 9.17) is 4.65 Å². The molecule has 0 atom stereocenters. The molecule has 0 heterocycles. The van der Waals surface area contributed by atoms with E-state index in [0.29, 0.717) is 0 Å². The van der Waals surface area contributed by atoms with Crippen molar-refractivity contribution in [1.29, 1.82) is 0 Å². The third kappa shape index (κ3) is 12.9. The number of hydrogen-bond donors (Lipinski definition) is 0. The molecule has 0 spiro atoms. The van der Waals surface area contributed by atoms with Gasteiger partial charge in [0.1, 0.15) is 0 Å². The molecule has 6 radical (unpaired) electrons. The van der Waals surface area contributed by atoms with Gasteiger partial charge < -0.3 is 0 Å². The Labute approximate surface area is 203 Å². The largest absolute Gasteiger partial charge is 0.0622 e. The van der Waals surface area contributed by atoms with Gasteiger partial charge in [0.25, 0.3) is 0 Å². The van der Waals surface area contributed by atoms with Crippen molar-refractivity contribution >= 4 is 32.6 Å². The van der Waals surface area contributed by atoms with Crippen molar-refractivity contribution in [2.24, 2.45) is 0 Å². The summed E-state index contributed by atoms with van der Waals surface area (Å²) in [6.07, 6.45) is 10.0. The van der Waals surface area contributed by atoms with E-state index in [-0.39, 0.29) is 25.9 Å². The van der Waals surface area contributed by atoms with Crippen LogP contribution in [0.15, 0.2) is 91.0 Å². The maximum Gasteiger partial charge on any atom is 0 e. The summed E-state index contributed by atoms with van der Waals surface area (Å²) in [6.45, 7) is 11.3. The average molecular weight is 484 g/mol. The van der Waals surface area contributed by atoms with Crippen molar-refractivity contribution in [3.8, 4) is 0 Å². The average Bonchev–Trinajstić information content (AvgIpc) is 3.38. The summed E-state index contributed by atoms with van der Waals surface area (Å²) in [5, 5.41) is 4.19. The van der Waals surface area contributed by atoms with Crippen LogP contribution >= 0.6 is 7.92 Å². The molecule has 160 valence electrons. The molecule has 31 heavy (non-hydrogen) atoms. The van der Waals surface area contributed by atoms with E-state index in [2.05, 4.69) is 117 Å². The molecule has 0 bridgehead atoms. The molecule has 1 aliphatic carbocycles. The Bertz CT molecular complexity index is 686. The maximum atomic E-state index is 7.50. The molecule has 0 N–H and O–H groups in total. The molecule has 1 saturated carbocycles. The van der Waals surface area contributed by atoms with Crippen LogP contribution in [0, 0.1) is 38.8 Å². The normalized spacial score (nSPS) is 11.6. The molecule has 1 nitrogen and oxygen atoms in total. The van der Waals surface area contributed by atoms with Gasteiger partial charge in [-0.3, -0.25) is 0 Å². The van der Waals surface area contributed by atoms with Crippen LogP contribution in [0.3, 0.4) is 0 Å². The Morgan fingerprint density at radius 3 is 0.903 bits per heavy atom. The number of benzene rings is 3. The van der Waals surface area contributed by atoms with Gasteiger partial charge in [-0.2, -0.15) is 0 Å². The predicted octanol–water partition coefficient (Wildman–Crippen LogP) is 5.80. The monoisotopic (exact) mass is 484 g/mol. The van der Waals surface area contributed by atoms with Gasteiger partial charge >= 0.3 is 11.3 Å². The second kappa shape index (κ2) is 19.3. The smallest absolute Gasteiger partial charge is 0 e. The zero-order valence-corrected chi connectivity index (χ0v) is 21.3. The van der Waals surface area contributed by atoms with Crippen LogP contribution in [-0.4, -0.2) is 8.80 Å². The standard InChI is InChI=1S/C18H15P.C5H5.C3H9Si.CO.Fe/c1-4-10-16(11-5-1)19(17-12-6-2-7-13-17)18-14-8-3-9-15-18;1-2-4-5-3-1;1-4(2)3;1-2;/h1-15H;1-5H;1-3H3;;. The topological polar surface area (TPSA) is 19.9 Å². The fourth-order valence-corrected chi connectivity index (χ4v) is 4.80. The van der Waals surface area contributed by atoms with Crippen LogP contribution in [0.2, 0.25) is 19.6 Å². The molecule has 4 rings (SSSR count). The first kappa shape index (κ1) is 29.6. The van der Waals surface area contributed by atoms with E-state index in [9.17, 15) is 0 Å². The van der Waals surface area contributed by atoms with Crippen LogP contribution in [0.4, 0.5) is 0 Å². The summed E-state index contributed by atoms with van der Waals surface area (Å²) in [4.78, 5) is 0. The number of hydrogen-bond acceptors (Lipinski definition) is 0. The van der Waals surface area contributed by atoms with Gasteiger partial charge in [0.2, 0.25) is 0 Å². The van der Waals surface area contributed by atoms with E-state index in [1.165, 1.54) is 15.9 Å². The first-order valence-corrected chi connectivity index (χ1v) is 14.1. The van der Waals surface area contributed by atoms with Gasteiger partial charge in [0.05, 0.1) is 0 Å². The van der Waals surface area contributed by atoms with E-state index < -0.39 is 7.92 Å². The Morgan fingerprint density at radius 1 is 0.516 bits per heavy atom. The van der Waals surface area contributed by atoms with Crippen molar-refractivity contribution in [2.45, 2.75) is 19.6 Å². The quantitative estimate of drug-likeness (QED) is 0.194. The molecule has 0 aliphatic heterocycles. The molecule has 0 unspecified atom stereocenters. The summed E-state index contributed by atoms with van der Waals surface area (Å²) in [6, 6.07) is 32.3. The van der Waals surface area contributed by atoms with Crippen LogP contribution in [0.25, 0.3) is 0 Å². The van der Waals surface area contributed by atoms with Crippen molar-refractivity contribution in [3.63, 3.8) is 0 Å². The van der Waals surface area contributed by atoms with Gasteiger partial charge in [0, 0.05) is 25.9 Å². The third-order valence-corrected chi connectivity index (χ3v) is 6.04. The zero-order chi connectivity index (χ0) is 22.0. The van der Waals surface area contributed by atoms with Crippen LogP contribution < -0.4 is 15.9 Å². The maximum absolute atomic E-state index is 7.50. The molecule has 0 amide bonds. The van der Waals surface area contributed by atoms with Crippen molar-refractivity contribution in [2.75, 3.05) is 0 Å². The van der Waals surface area contributed by atoms with E-state index in [0.717, 1.165) is 0 Å². The summed E-state index contributed by atoms with van der Waals surface area (Å²) in [5.74, 6) is 0. The first-order chi connectivity index (χ1) is 14.7. The van der Waals surface area contributed by atoms with E-state index in [1.54, 1.807) is 0 Å². The summed E-state index contributed by atoms with van der Waals surface area (Å²) in [7, 11) is -0.326. The summed E-state index contributed by atoms with van der Waals surface area (Å²) < 4.78 is 7.50. The molecule has 1 aliphatic rings. The SMILES string of the molecule is C[Si](C)C.[C-]#[O+].[CH]1[CH][CH][CH][CH]1.[Fe].c1ccc(P(c2ccccc2)c2ccccc2)cc1. The van der Waals surface area contributed by atoms with Gasteiger partial charge in [-0.25, -0.2) is 0 Å². The van der Waals surface area contributed by atoms with Gasteiger partial charge in [-0.1, -0.05) is 111 Å². The molecule has 0 aromatic heterocycles. The minimum atomic E-state index is -0.446. The Kier molecular flexibility index (Phi) is 18.4. The first-order valence-electron chi connectivity index (χ1n) is 9.77.